The smallest absolute Gasteiger partial charge is 0.191 e. The molecule has 0 bridgehead atoms. The topological polar surface area (TPSA) is 70.6 Å². The normalized spacial score (nSPS) is 33.1. The van der Waals surface area contributed by atoms with Gasteiger partial charge in [-0.25, -0.2) is 8.42 Å². The summed E-state index contributed by atoms with van der Waals surface area (Å²) in [6.07, 6.45) is 10.7. The highest BCUT2D eigenvalue weighted by molar-refractivity contribution is 14.0. The molecule has 0 radical (unpaired) electrons. The van der Waals surface area contributed by atoms with Gasteiger partial charge in [0.2, 0.25) is 0 Å². The van der Waals surface area contributed by atoms with Crippen LogP contribution in [0.5, 0.6) is 0 Å². The van der Waals surface area contributed by atoms with Crippen molar-refractivity contribution in [3.63, 3.8) is 0 Å². The van der Waals surface area contributed by atoms with Gasteiger partial charge in [0.25, 0.3) is 0 Å². The number of hydrogen-bond acceptors (Lipinski definition) is 3. The molecule has 0 aromatic rings. The van der Waals surface area contributed by atoms with Crippen molar-refractivity contribution >= 4 is 39.8 Å². The molecule has 1 heterocycles. The second-order valence-electron chi connectivity index (χ2n) is 10.1. The minimum absolute atomic E-state index is 0. The van der Waals surface area contributed by atoms with Crippen LogP contribution in [-0.2, 0) is 9.84 Å². The summed E-state index contributed by atoms with van der Waals surface area (Å²) in [6.45, 7) is 7.68. The Balaban J connectivity index is 0.00000280. The summed E-state index contributed by atoms with van der Waals surface area (Å²) in [5.41, 5.74) is 0.457. The van der Waals surface area contributed by atoms with Crippen LogP contribution in [0.25, 0.3) is 0 Å². The molecular formula is C21H40IN3O2S. The van der Waals surface area contributed by atoms with E-state index in [1.807, 2.05) is 0 Å². The van der Waals surface area contributed by atoms with E-state index in [1.165, 1.54) is 51.4 Å². The Labute approximate surface area is 189 Å². The number of halogens is 1. The number of nitrogens with one attached hydrogen (secondary N) is 2. The van der Waals surface area contributed by atoms with E-state index in [0.717, 1.165) is 12.4 Å². The molecule has 3 atom stereocenters. The van der Waals surface area contributed by atoms with Crippen molar-refractivity contribution in [2.45, 2.75) is 90.6 Å². The first kappa shape index (κ1) is 24.2. The Kier molecular flexibility index (Phi) is 8.92. The quantitative estimate of drug-likeness (QED) is 0.329. The molecule has 2 aliphatic carbocycles. The standard InChI is InChI=1S/C21H39N3O2S.HI/c1-16-6-4-5-7-19(16)24-20(22-14-17-10-13-27(25,26)15-17)23-18-8-11-21(2,3)12-9-18;/h16-19H,4-15H2,1-3H3,(H2,22,23,24);1H. The molecule has 2 saturated carbocycles. The molecule has 7 heteroatoms. The van der Waals surface area contributed by atoms with Gasteiger partial charge in [0, 0.05) is 18.6 Å². The molecule has 3 rings (SSSR count). The van der Waals surface area contributed by atoms with Gasteiger partial charge in [0.05, 0.1) is 11.5 Å². The summed E-state index contributed by atoms with van der Waals surface area (Å²) in [5.74, 6) is 2.41. The predicted octanol–water partition coefficient (Wildman–Crippen LogP) is 4.12. The highest BCUT2D eigenvalue weighted by Crippen LogP contribution is 2.35. The molecule has 0 aromatic carbocycles. The van der Waals surface area contributed by atoms with E-state index in [2.05, 4.69) is 31.4 Å². The van der Waals surface area contributed by atoms with Crippen LogP contribution in [0.1, 0.15) is 78.6 Å². The van der Waals surface area contributed by atoms with E-state index in [1.54, 1.807) is 0 Å². The molecule has 3 aliphatic rings. The van der Waals surface area contributed by atoms with Crippen LogP contribution >= 0.6 is 24.0 Å². The van der Waals surface area contributed by atoms with Crippen molar-refractivity contribution < 1.29 is 8.42 Å². The third-order valence-corrected chi connectivity index (χ3v) is 8.78. The fourth-order valence-corrected chi connectivity index (χ4v) is 6.66. The van der Waals surface area contributed by atoms with Gasteiger partial charge in [-0.3, -0.25) is 4.99 Å². The van der Waals surface area contributed by atoms with Gasteiger partial charge in [0.15, 0.2) is 15.8 Å². The largest absolute Gasteiger partial charge is 0.354 e. The Morgan fingerprint density at radius 2 is 1.71 bits per heavy atom. The van der Waals surface area contributed by atoms with Gasteiger partial charge in [-0.1, -0.05) is 33.6 Å². The summed E-state index contributed by atoms with van der Waals surface area (Å²) in [7, 11) is -2.83. The summed E-state index contributed by atoms with van der Waals surface area (Å²) in [6, 6.07) is 0.966. The molecular weight excluding hydrogens is 485 g/mol. The first-order chi connectivity index (χ1) is 12.7. The van der Waals surface area contributed by atoms with Gasteiger partial charge >= 0.3 is 0 Å². The van der Waals surface area contributed by atoms with E-state index in [9.17, 15) is 8.42 Å². The highest BCUT2D eigenvalue weighted by atomic mass is 127. The lowest BCUT2D eigenvalue weighted by atomic mass is 9.75. The zero-order valence-electron chi connectivity index (χ0n) is 17.9. The molecule has 1 aliphatic heterocycles. The van der Waals surface area contributed by atoms with E-state index in [0.29, 0.717) is 41.5 Å². The zero-order chi connectivity index (χ0) is 19.5. The average molecular weight is 526 g/mol. The van der Waals surface area contributed by atoms with Crippen molar-refractivity contribution in [3.8, 4) is 0 Å². The van der Waals surface area contributed by atoms with Gasteiger partial charge in [0.1, 0.15) is 0 Å². The lowest BCUT2D eigenvalue weighted by Gasteiger charge is -2.37. The summed E-state index contributed by atoms with van der Waals surface area (Å²) in [4.78, 5) is 4.86. The molecule has 5 nitrogen and oxygen atoms in total. The maximum Gasteiger partial charge on any atom is 0.191 e. The van der Waals surface area contributed by atoms with Gasteiger partial charge in [-0.05, 0) is 62.2 Å². The van der Waals surface area contributed by atoms with Gasteiger partial charge in [-0.15, -0.1) is 24.0 Å². The number of sulfone groups is 1. The minimum Gasteiger partial charge on any atom is -0.354 e. The molecule has 28 heavy (non-hydrogen) atoms. The summed E-state index contributed by atoms with van der Waals surface area (Å²) in [5, 5.41) is 7.40. The van der Waals surface area contributed by atoms with Crippen LogP contribution in [0.3, 0.4) is 0 Å². The molecule has 0 spiro atoms. The zero-order valence-corrected chi connectivity index (χ0v) is 21.0. The first-order valence-corrected chi connectivity index (χ1v) is 12.8. The number of aliphatic imine (C=N–C) groups is 1. The monoisotopic (exact) mass is 525 g/mol. The Morgan fingerprint density at radius 3 is 2.32 bits per heavy atom. The van der Waals surface area contributed by atoms with Crippen LogP contribution < -0.4 is 10.6 Å². The van der Waals surface area contributed by atoms with Crippen LogP contribution in [0, 0.1) is 17.3 Å². The van der Waals surface area contributed by atoms with Crippen LogP contribution in [0.2, 0.25) is 0 Å². The SMILES string of the molecule is CC1CCCCC1NC(=NCC1CCS(=O)(=O)C1)NC1CCC(C)(C)CC1.I. The summed E-state index contributed by atoms with van der Waals surface area (Å²) < 4.78 is 23.5. The molecule has 164 valence electrons. The Morgan fingerprint density at radius 1 is 1.04 bits per heavy atom. The number of hydrogen-bond donors (Lipinski definition) is 2. The minimum atomic E-state index is -2.83. The second-order valence-corrected chi connectivity index (χ2v) is 12.3. The molecule has 3 unspecified atom stereocenters. The fraction of sp³-hybridized carbons (Fsp3) is 0.952. The Bertz CT molecular complexity index is 626. The van der Waals surface area contributed by atoms with E-state index in [4.69, 9.17) is 4.99 Å². The van der Waals surface area contributed by atoms with Crippen molar-refractivity contribution in [1.29, 1.82) is 0 Å². The third kappa shape index (κ3) is 7.33. The highest BCUT2D eigenvalue weighted by Gasteiger charge is 2.30. The summed E-state index contributed by atoms with van der Waals surface area (Å²) >= 11 is 0. The van der Waals surface area contributed by atoms with Gasteiger partial charge in [-0.2, -0.15) is 0 Å². The number of nitrogens with zero attached hydrogens (tertiary/aromatic N) is 1. The molecule has 3 fully saturated rings. The van der Waals surface area contributed by atoms with Crippen LogP contribution in [0.15, 0.2) is 4.99 Å². The molecule has 0 amide bonds. The third-order valence-electron chi connectivity index (χ3n) is 6.95. The maximum absolute atomic E-state index is 11.7. The van der Waals surface area contributed by atoms with Crippen LogP contribution in [-0.4, -0.2) is 44.5 Å². The van der Waals surface area contributed by atoms with Crippen molar-refractivity contribution in [2.75, 3.05) is 18.1 Å². The first-order valence-electron chi connectivity index (χ1n) is 11.0. The van der Waals surface area contributed by atoms with Crippen molar-refractivity contribution in [3.05, 3.63) is 0 Å². The van der Waals surface area contributed by atoms with E-state index in [-0.39, 0.29) is 29.9 Å². The molecule has 0 aromatic heterocycles. The van der Waals surface area contributed by atoms with Crippen molar-refractivity contribution in [2.24, 2.45) is 22.2 Å². The maximum atomic E-state index is 11.7. The predicted molar refractivity (Wildman–Crippen MR) is 128 cm³/mol. The average Bonchev–Trinajstić information content (AvgIpc) is 2.95. The number of rotatable bonds is 4. The number of guanidine groups is 1. The fourth-order valence-electron chi connectivity index (χ4n) is 4.81. The molecule has 1 saturated heterocycles. The van der Waals surface area contributed by atoms with Crippen LogP contribution in [0.4, 0.5) is 0 Å². The molecule has 2 N–H and O–H groups in total. The van der Waals surface area contributed by atoms with E-state index >= 15 is 0 Å². The second kappa shape index (κ2) is 10.3. The van der Waals surface area contributed by atoms with E-state index < -0.39 is 9.84 Å². The Hall–Kier alpha value is -0.0500. The lowest BCUT2D eigenvalue weighted by molar-refractivity contribution is 0.215. The lowest BCUT2D eigenvalue weighted by Crippen LogP contribution is -2.51. The van der Waals surface area contributed by atoms with Crippen molar-refractivity contribution in [1.82, 2.24) is 10.6 Å². The van der Waals surface area contributed by atoms with Gasteiger partial charge < -0.3 is 10.6 Å².